The molecule has 0 saturated heterocycles. The largest absolute Gasteiger partial charge is 0.204 e. The minimum Gasteiger partial charge on any atom is -0.177 e. The summed E-state index contributed by atoms with van der Waals surface area (Å²) in [6, 6.07) is 14.6. The van der Waals surface area contributed by atoms with Gasteiger partial charge in [-0.1, -0.05) is 36.4 Å². The van der Waals surface area contributed by atoms with Gasteiger partial charge in [0.05, 0.1) is 0 Å². The molecule has 0 aliphatic rings. The quantitative estimate of drug-likeness (QED) is 0.760. The molecule has 0 aliphatic carbocycles. The lowest BCUT2D eigenvalue weighted by atomic mass is 9.95. The van der Waals surface area contributed by atoms with Gasteiger partial charge in [0.1, 0.15) is 0 Å². The van der Waals surface area contributed by atoms with E-state index in [1.807, 2.05) is 6.07 Å². The maximum atomic E-state index is 4.03. The van der Waals surface area contributed by atoms with Gasteiger partial charge >= 0.3 is 0 Å². The maximum absolute atomic E-state index is 4.03. The molecule has 0 spiro atoms. The molecule has 2 aromatic carbocycles. The SMILES string of the molecule is Cc1ccccc1-c1cc(-c2nn[nH]n2)ccc1C. The first-order chi connectivity index (χ1) is 9.25. The first kappa shape index (κ1) is 11.6. The van der Waals surface area contributed by atoms with Crippen LogP contribution in [0.1, 0.15) is 11.1 Å². The Morgan fingerprint density at radius 3 is 2.42 bits per heavy atom. The molecule has 0 amide bonds. The topological polar surface area (TPSA) is 54.5 Å². The standard InChI is InChI=1S/C15H14N4/c1-10-5-3-4-6-13(10)14-9-12(8-7-11(14)2)15-16-18-19-17-15/h3-9H,1-2H3,(H,16,17,18,19). The summed E-state index contributed by atoms with van der Waals surface area (Å²) >= 11 is 0. The highest BCUT2D eigenvalue weighted by atomic mass is 15.5. The van der Waals surface area contributed by atoms with E-state index < -0.39 is 0 Å². The summed E-state index contributed by atoms with van der Waals surface area (Å²) in [4.78, 5) is 0. The van der Waals surface area contributed by atoms with Crippen LogP contribution in [-0.2, 0) is 0 Å². The third-order valence-electron chi connectivity index (χ3n) is 3.28. The molecule has 0 aliphatic heterocycles. The molecule has 1 aromatic heterocycles. The van der Waals surface area contributed by atoms with E-state index >= 15 is 0 Å². The molecule has 4 heteroatoms. The summed E-state index contributed by atoms with van der Waals surface area (Å²) in [5.41, 5.74) is 5.92. The smallest absolute Gasteiger partial charge is 0.177 e. The van der Waals surface area contributed by atoms with Crippen LogP contribution in [0.2, 0.25) is 0 Å². The summed E-state index contributed by atoms with van der Waals surface area (Å²) in [6.45, 7) is 4.23. The summed E-state index contributed by atoms with van der Waals surface area (Å²) < 4.78 is 0. The molecule has 19 heavy (non-hydrogen) atoms. The molecule has 0 fully saturated rings. The van der Waals surface area contributed by atoms with Crippen LogP contribution in [0.3, 0.4) is 0 Å². The summed E-state index contributed by atoms with van der Waals surface area (Å²) in [7, 11) is 0. The van der Waals surface area contributed by atoms with Crippen molar-refractivity contribution in [3.63, 3.8) is 0 Å². The average molecular weight is 250 g/mol. The molecule has 4 nitrogen and oxygen atoms in total. The monoisotopic (exact) mass is 250 g/mol. The Balaban J connectivity index is 2.17. The molecule has 1 heterocycles. The van der Waals surface area contributed by atoms with Gasteiger partial charge in [-0.15, -0.1) is 10.2 Å². The number of aromatic nitrogens is 4. The van der Waals surface area contributed by atoms with Gasteiger partial charge in [-0.25, -0.2) is 0 Å². The Morgan fingerprint density at radius 2 is 1.68 bits per heavy atom. The van der Waals surface area contributed by atoms with Gasteiger partial charge in [0.15, 0.2) is 0 Å². The predicted octanol–water partition coefficient (Wildman–Crippen LogP) is 3.15. The van der Waals surface area contributed by atoms with Crippen LogP contribution in [0.4, 0.5) is 0 Å². The van der Waals surface area contributed by atoms with Gasteiger partial charge in [0, 0.05) is 5.56 Å². The van der Waals surface area contributed by atoms with E-state index in [0.717, 1.165) is 5.56 Å². The van der Waals surface area contributed by atoms with Crippen LogP contribution < -0.4 is 0 Å². The van der Waals surface area contributed by atoms with E-state index in [1.165, 1.54) is 22.3 Å². The third kappa shape index (κ3) is 2.12. The highest BCUT2D eigenvalue weighted by Gasteiger charge is 2.09. The zero-order chi connectivity index (χ0) is 13.2. The first-order valence-electron chi connectivity index (χ1n) is 6.16. The molecule has 0 radical (unpaired) electrons. The number of H-pyrrole nitrogens is 1. The molecule has 1 N–H and O–H groups in total. The van der Waals surface area contributed by atoms with Gasteiger partial charge in [-0.05, 0) is 47.4 Å². The molecular weight excluding hydrogens is 236 g/mol. The van der Waals surface area contributed by atoms with Crippen molar-refractivity contribution in [3.8, 4) is 22.5 Å². The number of rotatable bonds is 2. The number of tetrazole rings is 1. The van der Waals surface area contributed by atoms with Gasteiger partial charge in [-0.2, -0.15) is 5.21 Å². The number of benzene rings is 2. The Hall–Kier alpha value is -2.49. The summed E-state index contributed by atoms with van der Waals surface area (Å²) in [6.07, 6.45) is 0. The Kier molecular flexibility index (Phi) is 2.83. The Labute approximate surface area is 111 Å². The van der Waals surface area contributed by atoms with Crippen LogP contribution in [-0.4, -0.2) is 20.6 Å². The Morgan fingerprint density at radius 1 is 0.895 bits per heavy atom. The van der Waals surface area contributed by atoms with Crippen molar-refractivity contribution in [3.05, 3.63) is 53.6 Å². The van der Waals surface area contributed by atoms with E-state index in [0.29, 0.717) is 5.82 Å². The van der Waals surface area contributed by atoms with Crippen molar-refractivity contribution in [1.29, 1.82) is 0 Å². The van der Waals surface area contributed by atoms with Gasteiger partial charge < -0.3 is 0 Å². The number of hydrogen-bond donors (Lipinski definition) is 1. The van der Waals surface area contributed by atoms with E-state index in [2.05, 4.69) is 70.9 Å². The fourth-order valence-electron chi connectivity index (χ4n) is 2.21. The van der Waals surface area contributed by atoms with E-state index in [4.69, 9.17) is 0 Å². The highest BCUT2D eigenvalue weighted by Crippen LogP contribution is 2.29. The first-order valence-corrected chi connectivity index (χ1v) is 6.16. The second-order valence-corrected chi connectivity index (χ2v) is 4.58. The van der Waals surface area contributed by atoms with Crippen molar-refractivity contribution >= 4 is 0 Å². The molecule has 3 aromatic rings. The maximum Gasteiger partial charge on any atom is 0.204 e. The second-order valence-electron chi connectivity index (χ2n) is 4.58. The van der Waals surface area contributed by atoms with Gasteiger partial charge in [-0.3, -0.25) is 0 Å². The van der Waals surface area contributed by atoms with Crippen LogP contribution in [0, 0.1) is 13.8 Å². The number of aryl methyl sites for hydroxylation is 2. The van der Waals surface area contributed by atoms with Crippen molar-refractivity contribution in [2.75, 3.05) is 0 Å². The summed E-state index contributed by atoms with van der Waals surface area (Å²) in [5, 5.41) is 14.1. The van der Waals surface area contributed by atoms with Crippen molar-refractivity contribution in [2.45, 2.75) is 13.8 Å². The van der Waals surface area contributed by atoms with Crippen molar-refractivity contribution < 1.29 is 0 Å². The molecule has 3 rings (SSSR count). The van der Waals surface area contributed by atoms with Crippen LogP contribution in [0.15, 0.2) is 42.5 Å². The number of hydrogen-bond acceptors (Lipinski definition) is 3. The molecule has 0 atom stereocenters. The fraction of sp³-hybridized carbons (Fsp3) is 0.133. The zero-order valence-corrected chi connectivity index (χ0v) is 10.9. The average Bonchev–Trinajstić information content (AvgIpc) is 2.94. The Bertz CT molecular complexity index is 702. The van der Waals surface area contributed by atoms with E-state index in [-0.39, 0.29) is 0 Å². The van der Waals surface area contributed by atoms with Gasteiger partial charge in [0.25, 0.3) is 0 Å². The lowest BCUT2D eigenvalue weighted by molar-refractivity contribution is 0.881. The molecular formula is C15H14N4. The number of nitrogens with one attached hydrogen (secondary N) is 1. The van der Waals surface area contributed by atoms with Crippen LogP contribution in [0.5, 0.6) is 0 Å². The number of aromatic amines is 1. The van der Waals surface area contributed by atoms with Gasteiger partial charge in [0.2, 0.25) is 5.82 Å². The fourth-order valence-corrected chi connectivity index (χ4v) is 2.21. The molecule has 0 saturated carbocycles. The lowest BCUT2D eigenvalue weighted by Gasteiger charge is -2.10. The minimum atomic E-state index is 0.620. The van der Waals surface area contributed by atoms with Crippen molar-refractivity contribution in [1.82, 2.24) is 20.6 Å². The van der Waals surface area contributed by atoms with Crippen LogP contribution in [0.25, 0.3) is 22.5 Å². The molecule has 0 unspecified atom stereocenters. The number of nitrogens with zero attached hydrogens (tertiary/aromatic N) is 3. The minimum absolute atomic E-state index is 0.620. The highest BCUT2D eigenvalue weighted by molar-refractivity contribution is 5.75. The predicted molar refractivity (Wildman–Crippen MR) is 74.5 cm³/mol. The van der Waals surface area contributed by atoms with E-state index in [1.54, 1.807) is 0 Å². The summed E-state index contributed by atoms with van der Waals surface area (Å²) in [5.74, 6) is 0.620. The van der Waals surface area contributed by atoms with Crippen molar-refractivity contribution in [2.24, 2.45) is 0 Å². The lowest BCUT2D eigenvalue weighted by Crippen LogP contribution is -1.89. The normalized spacial score (nSPS) is 10.6. The van der Waals surface area contributed by atoms with E-state index in [9.17, 15) is 0 Å². The third-order valence-corrected chi connectivity index (χ3v) is 3.28. The van der Waals surface area contributed by atoms with Crippen LogP contribution >= 0.6 is 0 Å². The molecule has 0 bridgehead atoms. The zero-order valence-electron chi connectivity index (χ0n) is 10.9. The second kappa shape index (κ2) is 4.65. The molecule has 94 valence electrons.